The zero-order valence-electron chi connectivity index (χ0n) is 12.8. The molecule has 0 bridgehead atoms. The van der Waals surface area contributed by atoms with Crippen LogP contribution in [0.5, 0.6) is 5.75 Å². The van der Waals surface area contributed by atoms with Gasteiger partial charge in [0.2, 0.25) is 0 Å². The number of para-hydroxylation sites is 1. The first-order valence-corrected chi connectivity index (χ1v) is 7.98. The fourth-order valence-electron chi connectivity index (χ4n) is 3.78. The Labute approximate surface area is 131 Å². The first kappa shape index (κ1) is 13.6. The molecule has 22 heavy (non-hydrogen) atoms. The zero-order valence-corrected chi connectivity index (χ0v) is 12.8. The number of nitrogens with one attached hydrogen (secondary N) is 1. The summed E-state index contributed by atoms with van der Waals surface area (Å²) in [6.45, 7) is 0.861. The molecule has 2 aromatic carbocycles. The van der Waals surface area contributed by atoms with E-state index in [1.807, 2.05) is 6.07 Å². The topological polar surface area (TPSA) is 30.5 Å². The number of fused-ring (bicyclic) bond motifs is 3. The van der Waals surface area contributed by atoms with Crippen LogP contribution in [0.3, 0.4) is 0 Å². The van der Waals surface area contributed by atoms with Gasteiger partial charge in [-0.1, -0.05) is 30.3 Å². The van der Waals surface area contributed by atoms with Crippen LogP contribution >= 0.6 is 0 Å². The maximum atomic E-state index is 6.15. The van der Waals surface area contributed by atoms with Gasteiger partial charge in [0, 0.05) is 23.8 Å². The quantitative estimate of drug-likeness (QED) is 0.894. The second-order valence-electron chi connectivity index (χ2n) is 6.08. The highest BCUT2D eigenvalue weighted by atomic mass is 16.5. The number of hydrogen-bond acceptors (Lipinski definition) is 3. The van der Waals surface area contributed by atoms with Crippen LogP contribution in [0.1, 0.15) is 36.1 Å². The number of hydrogen-bond donors (Lipinski definition) is 1. The average Bonchev–Trinajstić information content (AvgIpc) is 2.61. The van der Waals surface area contributed by atoms with Crippen molar-refractivity contribution in [2.75, 3.05) is 19.0 Å². The van der Waals surface area contributed by atoms with Crippen molar-refractivity contribution in [3.05, 3.63) is 59.7 Å². The molecule has 0 aromatic heterocycles. The summed E-state index contributed by atoms with van der Waals surface area (Å²) in [7, 11) is 1.72. The maximum Gasteiger partial charge on any atom is 0.119 e. The fourth-order valence-corrected chi connectivity index (χ4v) is 3.78. The van der Waals surface area contributed by atoms with Gasteiger partial charge in [-0.15, -0.1) is 0 Å². The Hall–Kier alpha value is -2.00. The van der Waals surface area contributed by atoms with E-state index in [0.717, 1.165) is 18.8 Å². The summed E-state index contributed by atoms with van der Waals surface area (Å²) in [5, 5.41) is 3.73. The predicted octanol–water partition coefficient (Wildman–Crippen LogP) is 4.33. The van der Waals surface area contributed by atoms with E-state index in [9.17, 15) is 0 Å². The first-order valence-electron chi connectivity index (χ1n) is 7.98. The van der Waals surface area contributed by atoms with Crippen molar-refractivity contribution in [2.45, 2.75) is 25.0 Å². The molecule has 0 unspecified atom stereocenters. The van der Waals surface area contributed by atoms with Gasteiger partial charge in [-0.2, -0.15) is 0 Å². The number of benzene rings is 2. The second kappa shape index (κ2) is 5.65. The normalized spacial score (nSPS) is 26.5. The van der Waals surface area contributed by atoms with Crippen molar-refractivity contribution in [3.63, 3.8) is 0 Å². The van der Waals surface area contributed by atoms with Crippen LogP contribution in [0.4, 0.5) is 5.69 Å². The minimum atomic E-state index is 0.197. The lowest BCUT2D eigenvalue weighted by Crippen LogP contribution is -2.35. The number of rotatable bonds is 2. The molecule has 1 saturated heterocycles. The largest absolute Gasteiger partial charge is 0.497 e. The van der Waals surface area contributed by atoms with E-state index >= 15 is 0 Å². The van der Waals surface area contributed by atoms with Gasteiger partial charge in [0.1, 0.15) is 5.75 Å². The van der Waals surface area contributed by atoms with Gasteiger partial charge < -0.3 is 14.8 Å². The van der Waals surface area contributed by atoms with E-state index in [0.29, 0.717) is 5.92 Å². The summed E-state index contributed by atoms with van der Waals surface area (Å²) in [6, 6.07) is 17.2. The average molecular weight is 295 g/mol. The number of ether oxygens (including phenoxy) is 2. The second-order valence-corrected chi connectivity index (χ2v) is 6.08. The van der Waals surface area contributed by atoms with Crippen molar-refractivity contribution in [1.82, 2.24) is 0 Å². The Balaban J connectivity index is 1.76. The Bertz CT molecular complexity index is 670. The van der Waals surface area contributed by atoms with Gasteiger partial charge in [-0.3, -0.25) is 0 Å². The fraction of sp³-hybridized carbons (Fsp3) is 0.368. The third kappa shape index (κ3) is 2.26. The number of methoxy groups -OCH3 is 1. The maximum absolute atomic E-state index is 6.15. The molecule has 2 aromatic rings. The molecule has 114 valence electrons. The molecule has 0 spiro atoms. The van der Waals surface area contributed by atoms with E-state index in [2.05, 4.69) is 47.8 Å². The molecule has 0 saturated carbocycles. The van der Waals surface area contributed by atoms with Crippen molar-refractivity contribution in [1.29, 1.82) is 0 Å². The summed E-state index contributed by atoms with van der Waals surface area (Å²) in [5.41, 5.74) is 3.76. The molecule has 2 aliphatic heterocycles. The van der Waals surface area contributed by atoms with Crippen molar-refractivity contribution >= 4 is 5.69 Å². The summed E-state index contributed by atoms with van der Waals surface area (Å²) >= 11 is 0. The minimum absolute atomic E-state index is 0.197. The number of anilines is 1. The lowest BCUT2D eigenvalue weighted by atomic mass is 9.77. The Morgan fingerprint density at radius 1 is 1.14 bits per heavy atom. The molecule has 1 N–H and O–H groups in total. The van der Waals surface area contributed by atoms with Crippen LogP contribution in [-0.2, 0) is 4.74 Å². The molecule has 0 radical (unpaired) electrons. The first-order chi connectivity index (χ1) is 10.9. The SMILES string of the molecule is COc1cccc([C@H]2Nc3ccccc3[C@H]3OCCC[C@@H]23)c1. The molecule has 3 nitrogen and oxygen atoms in total. The van der Waals surface area contributed by atoms with Gasteiger partial charge in [-0.05, 0) is 36.6 Å². The van der Waals surface area contributed by atoms with E-state index < -0.39 is 0 Å². The highest BCUT2D eigenvalue weighted by Crippen LogP contribution is 2.49. The predicted molar refractivity (Wildman–Crippen MR) is 87.2 cm³/mol. The van der Waals surface area contributed by atoms with Crippen LogP contribution in [0, 0.1) is 5.92 Å². The van der Waals surface area contributed by atoms with Crippen molar-refractivity contribution < 1.29 is 9.47 Å². The molecule has 3 atom stereocenters. The molecule has 0 aliphatic carbocycles. The summed E-state index contributed by atoms with van der Waals surface area (Å²) in [4.78, 5) is 0. The summed E-state index contributed by atoms with van der Waals surface area (Å²) in [6.07, 6.45) is 2.52. The van der Waals surface area contributed by atoms with Crippen LogP contribution in [-0.4, -0.2) is 13.7 Å². The van der Waals surface area contributed by atoms with Crippen LogP contribution in [0.25, 0.3) is 0 Å². The van der Waals surface area contributed by atoms with Gasteiger partial charge in [0.05, 0.1) is 19.3 Å². The molecule has 1 fully saturated rings. The monoisotopic (exact) mass is 295 g/mol. The highest BCUT2D eigenvalue weighted by Gasteiger charge is 2.39. The van der Waals surface area contributed by atoms with Gasteiger partial charge in [-0.25, -0.2) is 0 Å². The lowest BCUT2D eigenvalue weighted by molar-refractivity contribution is -0.0381. The van der Waals surface area contributed by atoms with Gasteiger partial charge >= 0.3 is 0 Å². The third-order valence-corrected chi connectivity index (χ3v) is 4.83. The Kier molecular flexibility index (Phi) is 3.51. The standard InChI is InChI=1S/C19H21NO2/c1-21-14-7-4-6-13(12-14)18-16-9-5-11-22-19(16)15-8-2-3-10-17(15)20-18/h2-4,6-8,10,12,16,18-20H,5,9,11H2,1H3/t16-,18+,19+/m0/s1. The van der Waals surface area contributed by atoms with E-state index in [1.165, 1.54) is 23.2 Å². The smallest absolute Gasteiger partial charge is 0.119 e. The molecule has 0 amide bonds. The molecule has 2 aliphatic rings. The van der Waals surface area contributed by atoms with Crippen molar-refractivity contribution in [3.8, 4) is 5.75 Å². The van der Waals surface area contributed by atoms with E-state index in [4.69, 9.17) is 9.47 Å². The highest BCUT2D eigenvalue weighted by molar-refractivity contribution is 5.57. The molecular formula is C19H21NO2. The lowest BCUT2D eigenvalue weighted by Gasteiger charge is -2.43. The van der Waals surface area contributed by atoms with Crippen LogP contribution in [0.15, 0.2) is 48.5 Å². The van der Waals surface area contributed by atoms with Crippen LogP contribution < -0.4 is 10.1 Å². The summed E-state index contributed by atoms with van der Waals surface area (Å²) < 4.78 is 11.5. The molecule has 3 heteroatoms. The molecule has 4 rings (SSSR count). The Morgan fingerprint density at radius 3 is 2.95 bits per heavy atom. The Morgan fingerprint density at radius 2 is 2.05 bits per heavy atom. The molecular weight excluding hydrogens is 274 g/mol. The van der Waals surface area contributed by atoms with Crippen LogP contribution in [0.2, 0.25) is 0 Å². The summed E-state index contributed by atoms with van der Waals surface area (Å²) in [5.74, 6) is 1.38. The van der Waals surface area contributed by atoms with Gasteiger partial charge in [0.15, 0.2) is 0 Å². The van der Waals surface area contributed by atoms with Crippen molar-refractivity contribution in [2.24, 2.45) is 5.92 Å². The van der Waals surface area contributed by atoms with E-state index in [1.54, 1.807) is 7.11 Å². The van der Waals surface area contributed by atoms with E-state index in [-0.39, 0.29) is 12.1 Å². The minimum Gasteiger partial charge on any atom is -0.497 e. The van der Waals surface area contributed by atoms with Gasteiger partial charge in [0.25, 0.3) is 0 Å². The third-order valence-electron chi connectivity index (χ3n) is 4.83. The zero-order chi connectivity index (χ0) is 14.9. The molecule has 2 heterocycles.